The molecule has 2 aliphatic rings. The number of amides is 1. The summed E-state index contributed by atoms with van der Waals surface area (Å²) in [5, 5.41) is 0.573. The van der Waals surface area contributed by atoms with E-state index in [9.17, 15) is 13.6 Å². The third kappa shape index (κ3) is 4.45. The monoisotopic (exact) mass is 537 g/mol. The van der Waals surface area contributed by atoms with Gasteiger partial charge in [0.25, 0.3) is 11.8 Å². The van der Waals surface area contributed by atoms with Gasteiger partial charge in [0.15, 0.2) is 5.01 Å². The largest absolute Gasteiger partial charge is 0.474 e. The van der Waals surface area contributed by atoms with E-state index in [4.69, 9.17) is 14.9 Å². The minimum Gasteiger partial charge on any atom is -0.474 e. The Morgan fingerprint density at radius 2 is 1.95 bits per heavy atom. The van der Waals surface area contributed by atoms with Crippen molar-refractivity contribution >= 4 is 17.2 Å². The average molecular weight is 538 g/mol. The van der Waals surface area contributed by atoms with Crippen molar-refractivity contribution in [3.05, 3.63) is 70.6 Å². The SMILES string of the molecule is Cc1nc(-c2ncco2)sc1C(=O)N1C[C@@H]2C(Oc3cc(C(C)(C)N)cc(-c4ccc(F)cc4F)n3)[C@@H]2C1. The molecule has 1 unspecified atom stereocenters. The third-order valence-electron chi connectivity index (χ3n) is 7.02. The molecule has 1 saturated heterocycles. The van der Waals surface area contributed by atoms with E-state index in [2.05, 4.69) is 15.0 Å². The molecule has 3 aromatic heterocycles. The number of nitrogens with two attached hydrogens (primary N) is 1. The fraction of sp³-hybridized carbons (Fsp3) is 0.333. The normalized spacial score (nSPS) is 20.5. The number of ether oxygens (including phenoxy) is 1. The molecule has 1 amide bonds. The van der Waals surface area contributed by atoms with Crippen molar-refractivity contribution in [3.8, 4) is 28.0 Å². The fourth-order valence-electron chi connectivity index (χ4n) is 4.88. The maximum absolute atomic E-state index is 14.5. The number of hydrogen-bond donors (Lipinski definition) is 1. The van der Waals surface area contributed by atoms with Crippen LogP contribution in [0.5, 0.6) is 5.88 Å². The van der Waals surface area contributed by atoms with E-state index in [0.29, 0.717) is 51.7 Å². The lowest BCUT2D eigenvalue weighted by molar-refractivity contribution is 0.0755. The average Bonchev–Trinajstić information content (AvgIpc) is 3.36. The third-order valence-corrected chi connectivity index (χ3v) is 8.15. The van der Waals surface area contributed by atoms with Crippen LogP contribution in [0, 0.1) is 30.4 Å². The van der Waals surface area contributed by atoms with Crippen LogP contribution < -0.4 is 10.5 Å². The van der Waals surface area contributed by atoms with Crippen LogP contribution in [0.15, 0.2) is 47.2 Å². The van der Waals surface area contributed by atoms with Gasteiger partial charge in [0.2, 0.25) is 5.88 Å². The number of likely N-dealkylation sites (tertiary alicyclic amines) is 1. The topological polar surface area (TPSA) is 107 Å². The molecule has 1 aromatic carbocycles. The molecule has 0 spiro atoms. The number of pyridine rings is 1. The van der Waals surface area contributed by atoms with E-state index in [0.717, 1.165) is 6.07 Å². The quantitative estimate of drug-likeness (QED) is 0.377. The van der Waals surface area contributed by atoms with Crippen molar-refractivity contribution in [3.63, 3.8) is 0 Å². The number of carbonyl (C=O) groups is 1. The van der Waals surface area contributed by atoms with Gasteiger partial charge in [-0.1, -0.05) is 0 Å². The molecule has 11 heteroatoms. The summed E-state index contributed by atoms with van der Waals surface area (Å²) >= 11 is 1.27. The first kappa shape index (κ1) is 24.6. The Labute approximate surface area is 221 Å². The second kappa shape index (κ2) is 8.95. The number of halogens is 2. The van der Waals surface area contributed by atoms with E-state index in [1.165, 1.54) is 29.7 Å². The summed E-state index contributed by atoms with van der Waals surface area (Å²) in [4.78, 5) is 28.7. The summed E-state index contributed by atoms with van der Waals surface area (Å²) in [5.74, 6) is -0.386. The van der Waals surface area contributed by atoms with Gasteiger partial charge in [0, 0.05) is 48.2 Å². The van der Waals surface area contributed by atoms with Gasteiger partial charge in [-0.25, -0.2) is 23.7 Å². The molecule has 1 aliphatic carbocycles. The first-order chi connectivity index (χ1) is 18.1. The molecule has 6 rings (SSSR count). The molecule has 0 radical (unpaired) electrons. The molecule has 38 heavy (non-hydrogen) atoms. The molecule has 3 atom stereocenters. The summed E-state index contributed by atoms with van der Waals surface area (Å²) in [6, 6.07) is 6.83. The Hall–Kier alpha value is -3.70. The van der Waals surface area contributed by atoms with Gasteiger partial charge in [-0.3, -0.25) is 4.79 Å². The predicted octanol–water partition coefficient (Wildman–Crippen LogP) is 4.79. The molecule has 2 N–H and O–H groups in total. The Morgan fingerprint density at radius 3 is 2.61 bits per heavy atom. The van der Waals surface area contributed by atoms with Crippen LogP contribution in [0.3, 0.4) is 0 Å². The standard InChI is InChI=1S/C27H25F2N5O3S/c1-13-23(38-25(32-13)24-31-6-7-36-24)26(35)34-11-17-18(12-34)22(17)37-21-9-14(27(2,3)30)8-20(33-21)16-5-4-15(28)10-19(16)29/h4-10,17-18,22H,11-12,30H2,1-3H3/t17-,18+,22?. The number of rotatable bonds is 6. The van der Waals surface area contributed by atoms with E-state index >= 15 is 0 Å². The fourth-order valence-corrected chi connectivity index (χ4v) is 5.86. The van der Waals surface area contributed by atoms with E-state index in [-0.39, 0.29) is 29.4 Å². The van der Waals surface area contributed by atoms with Crippen LogP contribution in [0.25, 0.3) is 22.2 Å². The number of nitrogens with zero attached hydrogens (tertiary/aromatic N) is 4. The zero-order valence-electron chi connectivity index (χ0n) is 20.9. The van der Waals surface area contributed by atoms with Gasteiger partial charge in [-0.2, -0.15) is 0 Å². The van der Waals surface area contributed by atoms with Crippen molar-refractivity contribution in [1.29, 1.82) is 0 Å². The highest BCUT2D eigenvalue weighted by molar-refractivity contribution is 7.17. The van der Waals surface area contributed by atoms with Crippen LogP contribution in [-0.2, 0) is 5.54 Å². The Kier molecular flexibility index (Phi) is 5.80. The number of carbonyl (C=O) groups excluding carboxylic acids is 1. The Morgan fingerprint density at radius 1 is 1.18 bits per heavy atom. The summed E-state index contributed by atoms with van der Waals surface area (Å²) < 4.78 is 39.5. The van der Waals surface area contributed by atoms with Crippen molar-refractivity contribution in [2.45, 2.75) is 32.4 Å². The number of piperidine rings is 1. The maximum Gasteiger partial charge on any atom is 0.265 e. The number of thiazole rings is 1. The molecule has 8 nitrogen and oxygen atoms in total. The number of oxazole rings is 1. The van der Waals surface area contributed by atoms with Gasteiger partial charge in [-0.05, 0) is 44.5 Å². The lowest BCUT2D eigenvalue weighted by atomic mass is 9.94. The van der Waals surface area contributed by atoms with Crippen molar-refractivity contribution in [2.75, 3.05) is 13.1 Å². The summed E-state index contributed by atoms with van der Waals surface area (Å²) in [6.07, 6.45) is 2.90. The molecule has 4 heterocycles. The lowest BCUT2D eigenvalue weighted by Gasteiger charge is -2.22. The Balaban J connectivity index is 1.17. The predicted molar refractivity (Wildman–Crippen MR) is 136 cm³/mol. The minimum absolute atomic E-state index is 0.0668. The van der Waals surface area contributed by atoms with Crippen LogP contribution in [0.1, 0.15) is 34.8 Å². The van der Waals surface area contributed by atoms with Crippen LogP contribution >= 0.6 is 11.3 Å². The summed E-state index contributed by atoms with van der Waals surface area (Å²) in [6.45, 7) is 6.59. The molecule has 1 aliphatic heterocycles. The van der Waals surface area contributed by atoms with Gasteiger partial charge >= 0.3 is 0 Å². The van der Waals surface area contributed by atoms with Crippen LogP contribution in [0.2, 0.25) is 0 Å². The molecule has 0 bridgehead atoms. The number of benzene rings is 1. The molecule has 1 saturated carbocycles. The van der Waals surface area contributed by atoms with E-state index < -0.39 is 17.2 Å². The van der Waals surface area contributed by atoms with Gasteiger partial charge < -0.3 is 19.8 Å². The van der Waals surface area contributed by atoms with Gasteiger partial charge in [0.1, 0.15) is 28.9 Å². The van der Waals surface area contributed by atoms with Crippen molar-refractivity contribution in [2.24, 2.45) is 17.6 Å². The Bertz CT molecular complexity index is 1520. The summed E-state index contributed by atoms with van der Waals surface area (Å²) in [7, 11) is 0. The van der Waals surface area contributed by atoms with Crippen molar-refractivity contribution < 1.29 is 22.7 Å². The molecule has 196 valence electrons. The van der Waals surface area contributed by atoms with E-state index in [1.807, 2.05) is 18.7 Å². The second-order valence-corrected chi connectivity index (χ2v) is 11.3. The highest BCUT2D eigenvalue weighted by atomic mass is 32.1. The maximum atomic E-state index is 14.5. The molecule has 4 aromatic rings. The summed E-state index contributed by atoms with van der Waals surface area (Å²) in [5.41, 5.74) is 7.44. The second-order valence-electron chi connectivity index (χ2n) is 10.3. The zero-order chi connectivity index (χ0) is 26.8. The number of aryl methyl sites for hydroxylation is 1. The first-order valence-electron chi connectivity index (χ1n) is 12.2. The smallest absolute Gasteiger partial charge is 0.265 e. The lowest BCUT2D eigenvalue weighted by Crippen LogP contribution is -2.33. The number of fused-ring (bicyclic) bond motifs is 1. The molecular formula is C27H25F2N5O3S. The van der Waals surface area contributed by atoms with Crippen molar-refractivity contribution in [1.82, 2.24) is 19.9 Å². The van der Waals surface area contributed by atoms with Gasteiger partial charge in [0.05, 0.1) is 17.6 Å². The minimum atomic E-state index is -0.731. The van der Waals surface area contributed by atoms with Gasteiger partial charge in [-0.15, -0.1) is 11.3 Å². The number of aromatic nitrogens is 3. The van der Waals surface area contributed by atoms with Crippen LogP contribution in [-0.4, -0.2) is 45.0 Å². The highest BCUT2D eigenvalue weighted by Gasteiger charge is 2.59. The molecular weight excluding hydrogens is 512 g/mol. The first-order valence-corrected chi connectivity index (χ1v) is 13.0. The number of hydrogen-bond acceptors (Lipinski definition) is 8. The molecule has 2 fully saturated rings. The zero-order valence-corrected chi connectivity index (χ0v) is 21.8. The van der Waals surface area contributed by atoms with E-state index in [1.54, 1.807) is 25.3 Å². The van der Waals surface area contributed by atoms with Crippen LogP contribution in [0.4, 0.5) is 8.78 Å². The highest BCUT2D eigenvalue weighted by Crippen LogP contribution is 2.48.